The second-order valence-electron chi connectivity index (χ2n) is 9.36. The second-order valence-corrected chi connectivity index (χ2v) is 10.4. The number of nitrogens with zero attached hydrogens (tertiary/aromatic N) is 2. The summed E-state index contributed by atoms with van der Waals surface area (Å²) in [4.78, 5) is 15.7. The van der Waals surface area contributed by atoms with Crippen LogP contribution in [0.15, 0.2) is 107 Å². The van der Waals surface area contributed by atoms with Crippen molar-refractivity contribution in [1.29, 1.82) is 0 Å². The molecule has 7 heteroatoms. The van der Waals surface area contributed by atoms with Gasteiger partial charge in [0, 0.05) is 27.6 Å². The van der Waals surface area contributed by atoms with Crippen molar-refractivity contribution < 1.29 is 14.6 Å². The molecule has 40 heavy (non-hydrogen) atoms. The molecule has 0 aliphatic carbocycles. The van der Waals surface area contributed by atoms with Crippen LogP contribution in [0.25, 0.3) is 16.8 Å². The van der Waals surface area contributed by atoms with Crippen molar-refractivity contribution in [2.24, 2.45) is 0 Å². The van der Waals surface area contributed by atoms with Crippen LogP contribution in [0, 0.1) is 13.8 Å². The minimum atomic E-state index is -0.198. The van der Waals surface area contributed by atoms with Gasteiger partial charge in [-0.3, -0.25) is 4.79 Å². The summed E-state index contributed by atoms with van der Waals surface area (Å²) >= 11 is 1.58. The second kappa shape index (κ2) is 12.2. The number of benzene rings is 4. The first-order valence-corrected chi connectivity index (χ1v) is 13.8. The molecule has 5 rings (SSSR count). The monoisotopic (exact) mass is 549 g/mol. The molecule has 0 bridgehead atoms. The molecule has 0 aliphatic heterocycles. The number of ether oxygens (including phenoxy) is 1. The number of rotatable bonds is 9. The topological polar surface area (TPSA) is 76.4 Å². The van der Waals surface area contributed by atoms with Gasteiger partial charge in [0.2, 0.25) is 0 Å². The molecule has 6 nitrogen and oxygen atoms in total. The van der Waals surface area contributed by atoms with Crippen LogP contribution in [0.2, 0.25) is 0 Å². The fourth-order valence-electron chi connectivity index (χ4n) is 4.78. The van der Waals surface area contributed by atoms with Gasteiger partial charge in [-0.25, -0.2) is 4.68 Å². The summed E-state index contributed by atoms with van der Waals surface area (Å²) in [6, 6.07) is 31.3. The lowest BCUT2D eigenvalue weighted by Crippen LogP contribution is -2.24. The maximum Gasteiger partial charge on any atom is 0.252 e. The lowest BCUT2D eigenvalue weighted by molar-refractivity contribution is 0.0951. The number of aliphatic hydroxyl groups excluding tert-OH is 1. The fourth-order valence-corrected chi connectivity index (χ4v) is 5.85. The van der Waals surface area contributed by atoms with E-state index in [1.807, 2.05) is 110 Å². The molecule has 4 aromatic carbocycles. The molecule has 202 valence electrons. The SMILES string of the molecule is COc1ccc(-c2c(C)nn(-c3ccccc3)c2C)c(C(=O)NCc2ccccc2Sc2ccccc2CO)c1. The number of carbonyl (C=O) groups is 1. The van der Waals surface area contributed by atoms with E-state index in [1.165, 1.54) is 0 Å². The summed E-state index contributed by atoms with van der Waals surface area (Å²) in [7, 11) is 1.60. The van der Waals surface area contributed by atoms with Crippen molar-refractivity contribution in [3.05, 3.63) is 125 Å². The molecule has 0 spiro atoms. The first-order valence-electron chi connectivity index (χ1n) is 13.0. The Kier molecular flexibility index (Phi) is 8.34. The van der Waals surface area contributed by atoms with Crippen LogP contribution in [0.1, 0.15) is 32.9 Å². The summed E-state index contributed by atoms with van der Waals surface area (Å²) < 4.78 is 7.39. The molecule has 0 atom stereocenters. The van der Waals surface area contributed by atoms with Crippen molar-refractivity contribution in [1.82, 2.24) is 15.1 Å². The number of para-hydroxylation sites is 1. The molecule has 1 amide bonds. The van der Waals surface area contributed by atoms with Crippen molar-refractivity contribution in [3.8, 4) is 22.6 Å². The minimum absolute atomic E-state index is 0.0274. The zero-order valence-corrected chi connectivity index (χ0v) is 23.5. The smallest absolute Gasteiger partial charge is 0.252 e. The highest BCUT2D eigenvalue weighted by Crippen LogP contribution is 2.35. The van der Waals surface area contributed by atoms with Crippen molar-refractivity contribution in [2.45, 2.75) is 36.8 Å². The summed E-state index contributed by atoms with van der Waals surface area (Å²) in [6.07, 6.45) is 0. The lowest BCUT2D eigenvalue weighted by atomic mass is 9.97. The Morgan fingerprint density at radius 2 is 1.55 bits per heavy atom. The minimum Gasteiger partial charge on any atom is -0.497 e. The molecule has 5 aromatic rings. The van der Waals surface area contributed by atoms with Gasteiger partial charge < -0.3 is 15.2 Å². The van der Waals surface area contributed by atoms with Crippen molar-refractivity contribution in [3.63, 3.8) is 0 Å². The van der Waals surface area contributed by atoms with Crippen LogP contribution in [-0.4, -0.2) is 27.9 Å². The highest BCUT2D eigenvalue weighted by atomic mass is 32.2. The van der Waals surface area contributed by atoms with Gasteiger partial charge in [0.25, 0.3) is 5.91 Å². The van der Waals surface area contributed by atoms with Gasteiger partial charge in [-0.1, -0.05) is 66.4 Å². The summed E-state index contributed by atoms with van der Waals surface area (Å²) in [5.74, 6) is 0.409. The van der Waals surface area contributed by atoms with Crippen LogP contribution in [0.4, 0.5) is 0 Å². The predicted molar refractivity (Wildman–Crippen MR) is 159 cm³/mol. The average Bonchev–Trinajstić information content (AvgIpc) is 3.30. The van der Waals surface area contributed by atoms with Gasteiger partial charge in [-0.15, -0.1) is 0 Å². The van der Waals surface area contributed by atoms with Crippen LogP contribution in [0.5, 0.6) is 5.75 Å². The third-order valence-corrected chi connectivity index (χ3v) is 8.04. The van der Waals surface area contributed by atoms with Gasteiger partial charge in [-0.05, 0) is 73.0 Å². The van der Waals surface area contributed by atoms with Crippen LogP contribution >= 0.6 is 11.8 Å². The highest BCUT2D eigenvalue weighted by Gasteiger charge is 2.21. The van der Waals surface area contributed by atoms with Gasteiger partial charge >= 0.3 is 0 Å². The molecule has 0 saturated heterocycles. The number of aryl methyl sites for hydroxylation is 1. The Morgan fingerprint density at radius 1 is 0.900 bits per heavy atom. The Bertz CT molecular complexity index is 1650. The number of aliphatic hydroxyl groups is 1. The van der Waals surface area contributed by atoms with E-state index in [0.717, 1.165) is 49.1 Å². The van der Waals surface area contributed by atoms with E-state index in [2.05, 4.69) is 5.32 Å². The highest BCUT2D eigenvalue weighted by molar-refractivity contribution is 7.99. The standard InChI is InChI=1S/C33H31N3O3S/c1-22-32(23(2)36(35-22)26-13-5-4-6-14-26)28-18-17-27(39-3)19-29(28)33(38)34-20-24-11-7-9-15-30(24)40-31-16-10-8-12-25(31)21-37/h4-19,37H,20-21H2,1-3H3,(H,34,38). The number of carbonyl (C=O) groups excluding carboxylic acids is 1. The lowest BCUT2D eigenvalue weighted by Gasteiger charge is -2.15. The van der Waals surface area contributed by atoms with Crippen LogP contribution in [0.3, 0.4) is 0 Å². The maximum atomic E-state index is 13.7. The maximum absolute atomic E-state index is 13.7. The first kappa shape index (κ1) is 27.2. The summed E-state index contributed by atoms with van der Waals surface area (Å²) in [5, 5.41) is 17.7. The van der Waals surface area contributed by atoms with Gasteiger partial charge in [-0.2, -0.15) is 5.10 Å². The molecule has 0 fully saturated rings. The molecule has 0 saturated carbocycles. The third-order valence-electron chi connectivity index (χ3n) is 6.81. The Morgan fingerprint density at radius 3 is 2.25 bits per heavy atom. The van der Waals surface area contributed by atoms with E-state index in [-0.39, 0.29) is 12.5 Å². The number of nitrogens with one attached hydrogen (secondary N) is 1. The molecule has 2 N–H and O–H groups in total. The average molecular weight is 550 g/mol. The zero-order chi connectivity index (χ0) is 28.1. The number of methoxy groups -OCH3 is 1. The Hall–Kier alpha value is -4.33. The first-order chi connectivity index (χ1) is 19.5. The van der Waals surface area contributed by atoms with Crippen LogP contribution in [-0.2, 0) is 13.2 Å². The third kappa shape index (κ3) is 5.66. The van der Waals surface area contributed by atoms with Gasteiger partial charge in [0.15, 0.2) is 0 Å². The zero-order valence-electron chi connectivity index (χ0n) is 22.7. The predicted octanol–water partition coefficient (Wildman–Crippen LogP) is 6.74. The van der Waals surface area contributed by atoms with E-state index in [9.17, 15) is 9.90 Å². The fraction of sp³-hybridized carbons (Fsp3) is 0.152. The van der Waals surface area contributed by atoms with E-state index < -0.39 is 0 Å². The van der Waals surface area contributed by atoms with E-state index >= 15 is 0 Å². The van der Waals surface area contributed by atoms with E-state index in [1.54, 1.807) is 24.9 Å². The Balaban J connectivity index is 1.45. The molecule has 0 unspecified atom stereocenters. The molecule has 0 radical (unpaired) electrons. The number of hydrogen-bond acceptors (Lipinski definition) is 5. The van der Waals surface area contributed by atoms with Gasteiger partial charge in [0.05, 0.1) is 30.7 Å². The molecule has 1 aromatic heterocycles. The normalized spacial score (nSPS) is 10.9. The number of hydrogen-bond donors (Lipinski definition) is 2. The quantitative estimate of drug-likeness (QED) is 0.213. The van der Waals surface area contributed by atoms with Gasteiger partial charge in [0.1, 0.15) is 5.75 Å². The molecule has 1 heterocycles. The molecular formula is C33H31N3O3S. The van der Waals surface area contributed by atoms with Crippen molar-refractivity contribution >= 4 is 17.7 Å². The summed E-state index contributed by atoms with van der Waals surface area (Å²) in [5.41, 5.74) is 6.86. The van der Waals surface area contributed by atoms with E-state index in [0.29, 0.717) is 17.9 Å². The van der Waals surface area contributed by atoms with Crippen LogP contribution < -0.4 is 10.1 Å². The summed E-state index contributed by atoms with van der Waals surface area (Å²) in [6.45, 7) is 4.30. The molecule has 0 aliphatic rings. The van der Waals surface area contributed by atoms with Crippen molar-refractivity contribution in [2.75, 3.05) is 7.11 Å². The van der Waals surface area contributed by atoms with E-state index in [4.69, 9.17) is 9.84 Å². The Labute approximate surface area is 238 Å². The molecular weight excluding hydrogens is 518 g/mol. The number of amides is 1. The number of aromatic nitrogens is 2. The largest absolute Gasteiger partial charge is 0.497 e.